The zero-order valence-electron chi connectivity index (χ0n) is 24.5. The predicted octanol–water partition coefficient (Wildman–Crippen LogP) is 9.52. The molecule has 0 heterocycles. The average molecular weight is 549 g/mol. The molecule has 0 aliphatic heterocycles. The van der Waals surface area contributed by atoms with Crippen LogP contribution in [0.15, 0.2) is 72.8 Å². The Morgan fingerprint density at radius 2 is 1.32 bits per heavy atom. The molecule has 0 aliphatic carbocycles. The number of carbonyl (C=O) groups excluding carboxylic acids is 2. The lowest BCUT2D eigenvalue weighted by Crippen LogP contribution is -2.11. The predicted molar refractivity (Wildman–Crippen MR) is 167 cm³/mol. The van der Waals surface area contributed by atoms with Gasteiger partial charge in [-0.1, -0.05) is 95.4 Å². The zero-order chi connectivity index (χ0) is 29.0. The first-order chi connectivity index (χ1) is 20.0. The van der Waals surface area contributed by atoms with Crippen LogP contribution in [0.25, 0.3) is 21.5 Å². The van der Waals surface area contributed by atoms with E-state index in [2.05, 4.69) is 38.7 Å². The summed E-state index contributed by atoms with van der Waals surface area (Å²) in [5.74, 6) is 6.61. The van der Waals surface area contributed by atoms with Crippen molar-refractivity contribution in [3.8, 4) is 17.6 Å². The van der Waals surface area contributed by atoms with Gasteiger partial charge in [-0.2, -0.15) is 0 Å². The summed E-state index contributed by atoms with van der Waals surface area (Å²) in [4.78, 5) is 25.3. The molecule has 1 unspecified atom stereocenters. The highest BCUT2D eigenvalue weighted by molar-refractivity contribution is 5.98. The van der Waals surface area contributed by atoms with E-state index in [0.29, 0.717) is 29.4 Å². The number of esters is 2. The molecule has 0 saturated carbocycles. The first kappa shape index (κ1) is 29.9. The van der Waals surface area contributed by atoms with Crippen molar-refractivity contribution in [1.29, 1.82) is 0 Å². The van der Waals surface area contributed by atoms with Gasteiger partial charge >= 0.3 is 11.9 Å². The normalized spacial score (nSPS) is 11.6. The summed E-state index contributed by atoms with van der Waals surface area (Å²) in [6.07, 6.45) is 9.51. The molecule has 0 bridgehead atoms. The van der Waals surface area contributed by atoms with Crippen molar-refractivity contribution < 1.29 is 19.1 Å². The Morgan fingerprint density at radius 3 is 2.05 bits per heavy atom. The first-order valence-corrected chi connectivity index (χ1v) is 14.9. The van der Waals surface area contributed by atoms with Gasteiger partial charge in [-0.15, -0.1) is 0 Å². The van der Waals surface area contributed by atoms with Crippen molar-refractivity contribution in [3.05, 3.63) is 89.5 Å². The number of fused-ring (bicyclic) bond motifs is 2. The molecule has 41 heavy (non-hydrogen) atoms. The van der Waals surface area contributed by atoms with Crippen molar-refractivity contribution in [3.63, 3.8) is 0 Å². The van der Waals surface area contributed by atoms with E-state index in [4.69, 9.17) is 9.47 Å². The van der Waals surface area contributed by atoms with Crippen LogP contribution in [0.3, 0.4) is 0 Å². The van der Waals surface area contributed by atoms with Crippen LogP contribution in [0.2, 0.25) is 0 Å². The number of unbranched alkanes of at least 4 members (excludes halogenated alkanes) is 6. The van der Waals surface area contributed by atoms with E-state index in [9.17, 15) is 9.59 Å². The monoisotopic (exact) mass is 548 g/mol. The van der Waals surface area contributed by atoms with E-state index in [1.807, 2.05) is 36.4 Å². The molecule has 1 atom stereocenters. The molecule has 4 aromatic rings. The number of rotatable bonds is 12. The van der Waals surface area contributed by atoms with Gasteiger partial charge in [-0.3, -0.25) is 0 Å². The van der Waals surface area contributed by atoms with E-state index in [-0.39, 0.29) is 5.97 Å². The molecule has 212 valence electrons. The fourth-order valence-electron chi connectivity index (χ4n) is 4.61. The maximum atomic E-state index is 12.9. The minimum absolute atomic E-state index is 0.327. The maximum Gasteiger partial charge on any atom is 0.343 e. The number of ether oxygens (including phenoxy) is 2. The second-order valence-corrected chi connectivity index (χ2v) is 10.8. The molecular formula is C37H40O4. The van der Waals surface area contributed by atoms with E-state index in [1.165, 1.54) is 32.1 Å². The molecule has 4 nitrogen and oxygen atoms in total. The molecule has 4 aromatic carbocycles. The van der Waals surface area contributed by atoms with Crippen molar-refractivity contribution in [2.75, 3.05) is 6.61 Å². The Labute approximate surface area is 244 Å². The highest BCUT2D eigenvalue weighted by atomic mass is 16.5. The van der Waals surface area contributed by atoms with Crippen LogP contribution in [0.4, 0.5) is 0 Å². The molecule has 0 saturated heterocycles. The lowest BCUT2D eigenvalue weighted by atomic mass is 10.0. The number of carbonyl (C=O) groups is 2. The molecule has 0 aromatic heterocycles. The first-order valence-electron chi connectivity index (χ1n) is 14.9. The minimum Gasteiger partial charge on any atom is -0.462 e. The third-order valence-corrected chi connectivity index (χ3v) is 7.42. The Bertz CT molecular complexity index is 1560. The average Bonchev–Trinajstić information content (AvgIpc) is 3.00. The summed E-state index contributed by atoms with van der Waals surface area (Å²) in [5.41, 5.74) is 1.98. The standard InChI is InChI=1S/C37H40O4/c1-4-6-7-8-9-10-11-12-13-28-14-15-30-24-34(19-16-29(30)22-28)37(39)41-35-21-20-31-23-33(18-17-32(31)25-35)36(38)40-26-27(3)5-2/h14-25,27H,4-11,26H2,1-3H3. The van der Waals surface area contributed by atoms with Crippen LogP contribution >= 0.6 is 0 Å². The van der Waals surface area contributed by atoms with Crippen LogP contribution in [-0.2, 0) is 4.74 Å². The van der Waals surface area contributed by atoms with Gasteiger partial charge in [0.15, 0.2) is 0 Å². The van der Waals surface area contributed by atoms with E-state index in [1.54, 1.807) is 30.3 Å². The van der Waals surface area contributed by atoms with Crippen LogP contribution in [0, 0.1) is 17.8 Å². The summed E-state index contributed by atoms with van der Waals surface area (Å²) in [5, 5.41) is 3.75. The van der Waals surface area contributed by atoms with Crippen LogP contribution < -0.4 is 4.74 Å². The Morgan fingerprint density at radius 1 is 0.707 bits per heavy atom. The van der Waals surface area contributed by atoms with E-state index >= 15 is 0 Å². The van der Waals surface area contributed by atoms with Gasteiger partial charge in [0.05, 0.1) is 17.7 Å². The van der Waals surface area contributed by atoms with Gasteiger partial charge in [0.2, 0.25) is 0 Å². The summed E-state index contributed by atoms with van der Waals surface area (Å²) in [6.45, 7) is 6.77. The Hall–Kier alpha value is -4.10. The topological polar surface area (TPSA) is 52.6 Å². The quantitative estimate of drug-likeness (QED) is 0.0765. The van der Waals surface area contributed by atoms with Gasteiger partial charge in [0.25, 0.3) is 0 Å². The molecule has 0 amide bonds. The molecule has 4 rings (SSSR count). The molecular weight excluding hydrogens is 508 g/mol. The van der Waals surface area contributed by atoms with Crippen molar-refractivity contribution in [2.24, 2.45) is 5.92 Å². The fraction of sp³-hybridized carbons (Fsp3) is 0.351. The molecule has 0 spiro atoms. The second-order valence-electron chi connectivity index (χ2n) is 10.8. The molecule has 4 heteroatoms. The third-order valence-electron chi connectivity index (χ3n) is 7.42. The second kappa shape index (κ2) is 15.1. The maximum absolute atomic E-state index is 12.9. The SMILES string of the molecule is CCCCCCCCC#Cc1ccc2cc(C(=O)Oc3ccc4cc(C(=O)OCC(C)CC)ccc4c3)ccc2c1. The van der Waals surface area contributed by atoms with Crippen molar-refractivity contribution in [1.82, 2.24) is 0 Å². The lowest BCUT2D eigenvalue weighted by molar-refractivity contribution is 0.0447. The number of hydrogen-bond donors (Lipinski definition) is 0. The van der Waals surface area contributed by atoms with Gasteiger partial charge in [0, 0.05) is 12.0 Å². The van der Waals surface area contributed by atoms with Crippen LogP contribution in [-0.4, -0.2) is 18.5 Å². The van der Waals surface area contributed by atoms with Gasteiger partial charge in [-0.25, -0.2) is 9.59 Å². The molecule has 0 aliphatic rings. The summed E-state index contributed by atoms with van der Waals surface area (Å²) < 4.78 is 11.1. The summed E-state index contributed by atoms with van der Waals surface area (Å²) in [7, 11) is 0. The molecule has 0 radical (unpaired) electrons. The highest BCUT2D eigenvalue weighted by Crippen LogP contribution is 2.24. The van der Waals surface area contributed by atoms with Gasteiger partial charge in [-0.05, 0) is 82.4 Å². The number of hydrogen-bond acceptors (Lipinski definition) is 4. The summed E-state index contributed by atoms with van der Waals surface area (Å²) in [6, 6.07) is 22.4. The summed E-state index contributed by atoms with van der Waals surface area (Å²) >= 11 is 0. The van der Waals surface area contributed by atoms with Gasteiger partial charge in [0.1, 0.15) is 5.75 Å². The van der Waals surface area contributed by atoms with E-state index in [0.717, 1.165) is 46.4 Å². The fourth-order valence-corrected chi connectivity index (χ4v) is 4.61. The molecule has 0 fully saturated rings. The van der Waals surface area contributed by atoms with Gasteiger partial charge < -0.3 is 9.47 Å². The van der Waals surface area contributed by atoms with Crippen LogP contribution in [0.1, 0.15) is 98.4 Å². The Kier molecular flexibility index (Phi) is 11.0. The highest BCUT2D eigenvalue weighted by Gasteiger charge is 2.13. The minimum atomic E-state index is -0.417. The zero-order valence-corrected chi connectivity index (χ0v) is 24.5. The van der Waals surface area contributed by atoms with Crippen molar-refractivity contribution in [2.45, 2.75) is 72.1 Å². The Balaban J connectivity index is 1.36. The number of benzene rings is 4. The van der Waals surface area contributed by atoms with E-state index < -0.39 is 5.97 Å². The largest absolute Gasteiger partial charge is 0.462 e. The van der Waals surface area contributed by atoms with Crippen LogP contribution in [0.5, 0.6) is 5.75 Å². The lowest BCUT2D eigenvalue weighted by Gasteiger charge is -2.10. The van der Waals surface area contributed by atoms with Crippen molar-refractivity contribution >= 4 is 33.5 Å². The third kappa shape index (κ3) is 8.69. The smallest absolute Gasteiger partial charge is 0.343 e. The molecule has 0 N–H and O–H groups in total.